The van der Waals surface area contributed by atoms with Gasteiger partial charge in [0.2, 0.25) is 0 Å². The minimum atomic E-state index is -2.81. The highest BCUT2D eigenvalue weighted by molar-refractivity contribution is 5.35. The van der Waals surface area contributed by atoms with Gasteiger partial charge in [0.25, 0.3) is 5.92 Å². The van der Waals surface area contributed by atoms with E-state index in [4.69, 9.17) is 0 Å². The smallest absolute Gasteiger partial charge is 0.272 e. The van der Waals surface area contributed by atoms with Crippen LogP contribution in [0.25, 0.3) is 0 Å². The monoisotopic (exact) mass is 172 g/mol. The van der Waals surface area contributed by atoms with E-state index in [0.717, 1.165) is 6.92 Å². The third-order valence-corrected chi connectivity index (χ3v) is 1.53. The van der Waals surface area contributed by atoms with E-state index in [-0.39, 0.29) is 5.56 Å². The highest BCUT2D eigenvalue weighted by atomic mass is 19.3. The Morgan fingerprint density at radius 3 is 2.42 bits per heavy atom. The molecule has 0 bridgehead atoms. The summed E-state index contributed by atoms with van der Waals surface area (Å²) in [4.78, 5) is 3.77. The molecule has 1 heterocycles. The van der Waals surface area contributed by atoms with Crippen LogP contribution in [0.4, 0.5) is 14.6 Å². The molecular formula is C8H10F2N2. The van der Waals surface area contributed by atoms with Crippen LogP contribution in [-0.4, -0.2) is 12.0 Å². The van der Waals surface area contributed by atoms with Crippen molar-refractivity contribution < 1.29 is 8.78 Å². The highest BCUT2D eigenvalue weighted by Crippen LogP contribution is 2.26. The second kappa shape index (κ2) is 3.05. The van der Waals surface area contributed by atoms with Crippen LogP contribution in [0, 0.1) is 0 Å². The van der Waals surface area contributed by atoms with Gasteiger partial charge in [-0.25, -0.2) is 13.8 Å². The number of hydrogen-bond acceptors (Lipinski definition) is 2. The minimum absolute atomic E-state index is 0.0681. The molecule has 1 aromatic rings. The van der Waals surface area contributed by atoms with Crippen LogP contribution < -0.4 is 5.32 Å². The van der Waals surface area contributed by atoms with Gasteiger partial charge in [-0.3, -0.25) is 0 Å². The standard InChI is InChI=1S/C8H10F2N2/c1-8(9,10)6-3-4-7(11-2)12-5-6/h3-5H,1-2H3,(H,11,12). The number of halogens is 2. The van der Waals surface area contributed by atoms with E-state index in [1.807, 2.05) is 0 Å². The first kappa shape index (κ1) is 8.90. The van der Waals surface area contributed by atoms with Crippen molar-refractivity contribution in [3.63, 3.8) is 0 Å². The molecule has 1 rings (SSSR count). The molecule has 0 aliphatic carbocycles. The fourth-order valence-corrected chi connectivity index (χ4v) is 0.801. The Bertz CT molecular complexity index is 251. The van der Waals surface area contributed by atoms with Gasteiger partial charge in [-0.15, -0.1) is 0 Å². The van der Waals surface area contributed by atoms with Gasteiger partial charge in [0.1, 0.15) is 5.82 Å². The van der Waals surface area contributed by atoms with Gasteiger partial charge in [0, 0.05) is 25.7 Å². The Balaban J connectivity index is 2.93. The lowest BCUT2D eigenvalue weighted by molar-refractivity contribution is 0.0171. The van der Waals surface area contributed by atoms with Gasteiger partial charge in [-0.05, 0) is 12.1 Å². The van der Waals surface area contributed by atoms with Gasteiger partial charge in [-0.1, -0.05) is 0 Å². The summed E-state index contributed by atoms with van der Waals surface area (Å²) in [5, 5.41) is 2.75. The van der Waals surface area contributed by atoms with Crippen molar-refractivity contribution in [3.05, 3.63) is 23.9 Å². The molecule has 0 saturated heterocycles. The SMILES string of the molecule is CNc1ccc(C(C)(F)F)cn1. The maximum absolute atomic E-state index is 12.6. The molecule has 0 spiro atoms. The van der Waals surface area contributed by atoms with E-state index in [9.17, 15) is 8.78 Å². The quantitative estimate of drug-likeness (QED) is 0.739. The summed E-state index contributed by atoms with van der Waals surface area (Å²) in [7, 11) is 1.69. The average Bonchev–Trinajstić information content (AvgIpc) is 2.03. The number of hydrogen-bond donors (Lipinski definition) is 1. The van der Waals surface area contributed by atoms with Crippen LogP contribution in [0.15, 0.2) is 18.3 Å². The lowest BCUT2D eigenvalue weighted by Gasteiger charge is -2.09. The van der Waals surface area contributed by atoms with E-state index in [1.165, 1.54) is 18.3 Å². The Morgan fingerprint density at radius 1 is 1.42 bits per heavy atom. The fourth-order valence-electron chi connectivity index (χ4n) is 0.801. The average molecular weight is 172 g/mol. The molecule has 1 aromatic heterocycles. The van der Waals surface area contributed by atoms with E-state index < -0.39 is 5.92 Å². The molecule has 2 nitrogen and oxygen atoms in total. The van der Waals surface area contributed by atoms with Crippen LogP contribution in [0.5, 0.6) is 0 Å². The first-order valence-electron chi connectivity index (χ1n) is 3.56. The van der Waals surface area contributed by atoms with Crippen LogP contribution in [-0.2, 0) is 5.92 Å². The van der Waals surface area contributed by atoms with Crippen LogP contribution >= 0.6 is 0 Å². The van der Waals surface area contributed by atoms with Crippen molar-refractivity contribution in [2.75, 3.05) is 12.4 Å². The summed E-state index contributed by atoms with van der Waals surface area (Å²) in [5.74, 6) is -2.22. The summed E-state index contributed by atoms with van der Waals surface area (Å²) < 4.78 is 25.3. The highest BCUT2D eigenvalue weighted by Gasteiger charge is 2.24. The Morgan fingerprint density at radius 2 is 2.08 bits per heavy atom. The van der Waals surface area contributed by atoms with Crippen molar-refractivity contribution in [2.45, 2.75) is 12.8 Å². The zero-order valence-corrected chi connectivity index (χ0v) is 6.94. The predicted octanol–water partition coefficient (Wildman–Crippen LogP) is 2.24. The second-order valence-electron chi connectivity index (χ2n) is 2.57. The van der Waals surface area contributed by atoms with Crippen molar-refractivity contribution >= 4 is 5.82 Å². The van der Waals surface area contributed by atoms with Gasteiger partial charge in [-0.2, -0.15) is 0 Å². The van der Waals surface area contributed by atoms with Crippen LogP contribution in [0.3, 0.4) is 0 Å². The number of nitrogens with one attached hydrogen (secondary N) is 1. The molecule has 0 radical (unpaired) electrons. The normalized spacial score (nSPS) is 11.3. The Labute approximate surface area is 69.6 Å². The number of aromatic nitrogens is 1. The summed E-state index contributed by atoms with van der Waals surface area (Å²) in [6.07, 6.45) is 1.17. The van der Waals surface area contributed by atoms with E-state index in [1.54, 1.807) is 7.05 Å². The van der Waals surface area contributed by atoms with Crippen molar-refractivity contribution in [3.8, 4) is 0 Å². The molecule has 12 heavy (non-hydrogen) atoms. The third-order valence-electron chi connectivity index (χ3n) is 1.53. The molecule has 1 N–H and O–H groups in total. The van der Waals surface area contributed by atoms with E-state index in [2.05, 4.69) is 10.3 Å². The maximum atomic E-state index is 12.6. The van der Waals surface area contributed by atoms with Crippen molar-refractivity contribution in [2.24, 2.45) is 0 Å². The maximum Gasteiger partial charge on any atom is 0.272 e. The predicted molar refractivity (Wildman–Crippen MR) is 43.4 cm³/mol. The molecule has 0 amide bonds. The molecule has 0 atom stereocenters. The van der Waals surface area contributed by atoms with Crippen molar-refractivity contribution in [1.82, 2.24) is 4.98 Å². The third kappa shape index (κ3) is 1.90. The largest absolute Gasteiger partial charge is 0.373 e. The Hall–Kier alpha value is -1.19. The van der Waals surface area contributed by atoms with Crippen molar-refractivity contribution in [1.29, 1.82) is 0 Å². The van der Waals surface area contributed by atoms with Crippen LogP contribution in [0.2, 0.25) is 0 Å². The van der Waals surface area contributed by atoms with E-state index in [0.29, 0.717) is 5.82 Å². The molecule has 0 fully saturated rings. The summed E-state index contributed by atoms with van der Waals surface area (Å²) in [5.41, 5.74) is -0.0681. The number of alkyl halides is 2. The number of anilines is 1. The molecule has 66 valence electrons. The molecule has 0 saturated carbocycles. The minimum Gasteiger partial charge on any atom is -0.373 e. The summed E-state index contributed by atoms with van der Waals surface area (Å²) in [6.45, 7) is 0.850. The molecular weight excluding hydrogens is 162 g/mol. The molecule has 0 aliphatic heterocycles. The van der Waals surface area contributed by atoms with Gasteiger partial charge < -0.3 is 5.32 Å². The molecule has 0 aliphatic rings. The molecule has 4 heteroatoms. The zero-order chi connectivity index (χ0) is 9.19. The molecule has 0 unspecified atom stereocenters. The van der Waals surface area contributed by atoms with Crippen LogP contribution in [0.1, 0.15) is 12.5 Å². The molecule has 0 aromatic carbocycles. The summed E-state index contributed by atoms with van der Waals surface area (Å²) in [6, 6.07) is 2.88. The zero-order valence-electron chi connectivity index (χ0n) is 6.94. The summed E-state index contributed by atoms with van der Waals surface area (Å²) >= 11 is 0. The van der Waals surface area contributed by atoms with E-state index >= 15 is 0 Å². The fraction of sp³-hybridized carbons (Fsp3) is 0.375. The number of rotatable bonds is 2. The number of pyridine rings is 1. The topological polar surface area (TPSA) is 24.9 Å². The van der Waals surface area contributed by atoms with Gasteiger partial charge in [0.05, 0.1) is 0 Å². The first-order chi connectivity index (χ1) is 5.54. The lowest BCUT2D eigenvalue weighted by Crippen LogP contribution is -2.07. The van der Waals surface area contributed by atoms with Gasteiger partial charge in [0.15, 0.2) is 0 Å². The lowest BCUT2D eigenvalue weighted by atomic mass is 10.2. The first-order valence-corrected chi connectivity index (χ1v) is 3.56. The Kier molecular flexibility index (Phi) is 2.26. The second-order valence-corrected chi connectivity index (χ2v) is 2.57. The van der Waals surface area contributed by atoms with Gasteiger partial charge >= 0.3 is 0 Å². The number of nitrogens with zero attached hydrogens (tertiary/aromatic N) is 1.